The van der Waals surface area contributed by atoms with Crippen LogP contribution in [0.2, 0.25) is 0 Å². The molecule has 0 aliphatic carbocycles. The largest absolute Gasteiger partial charge is 0.392 e. The molecule has 3 saturated heterocycles. The van der Waals surface area contributed by atoms with Crippen LogP contribution in [-0.4, -0.2) is 72.4 Å². The van der Waals surface area contributed by atoms with Crippen molar-refractivity contribution in [2.45, 2.75) is 76.7 Å². The van der Waals surface area contributed by atoms with E-state index in [1.165, 1.54) is 45.3 Å². The van der Waals surface area contributed by atoms with Crippen LogP contribution in [0.3, 0.4) is 0 Å². The normalized spacial score (nSPS) is 24.1. The number of benzene rings is 3. The van der Waals surface area contributed by atoms with E-state index in [1.54, 1.807) is 0 Å². The zero-order valence-electron chi connectivity index (χ0n) is 26.5. The molecule has 0 aromatic heterocycles. The maximum Gasteiger partial charge on any atom is 0.315 e. The quantitative estimate of drug-likeness (QED) is 0.255. The molecular formula is C37H48N4O4. The highest BCUT2D eigenvalue weighted by Gasteiger charge is 2.36. The van der Waals surface area contributed by atoms with Gasteiger partial charge >= 0.3 is 6.03 Å². The number of rotatable bonds is 11. The first kappa shape index (κ1) is 31.7. The first-order valence-corrected chi connectivity index (χ1v) is 16.8. The van der Waals surface area contributed by atoms with Gasteiger partial charge < -0.3 is 30.1 Å². The zero-order valence-corrected chi connectivity index (χ0v) is 26.5. The van der Waals surface area contributed by atoms with Gasteiger partial charge in [0.15, 0.2) is 6.29 Å². The number of nitrogens with one attached hydrogen (secondary N) is 2. The van der Waals surface area contributed by atoms with Gasteiger partial charge in [0.2, 0.25) is 0 Å². The minimum Gasteiger partial charge on any atom is -0.392 e. The summed E-state index contributed by atoms with van der Waals surface area (Å²) in [5, 5.41) is 15.3. The van der Waals surface area contributed by atoms with Crippen molar-refractivity contribution in [2.24, 2.45) is 0 Å². The lowest BCUT2D eigenvalue weighted by molar-refractivity contribution is -0.253. The predicted molar refractivity (Wildman–Crippen MR) is 176 cm³/mol. The van der Waals surface area contributed by atoms with Gasteiger partial charge in [0, 0.05) is 44.2 Å². The SMILES string of the molecule is CCNC(=O)NCc1cccc(-c2cccc([C@H]3O[C@@H](CN4CCC[C@H]4CN4CCCC4)C[C@@H](c4ccc(CO)cc4)O3)c2)c1. The second-order valence-electron chi connectivity index (χ2n) is 12.7. The van der Waals surface area contributed by atoms with Crippen LogP contribution >= 0.6 is 0 Å². The van der Waals surface area contributed by atoms with E-state index >= 15 is 0 Å². The highest BCUT2D eigenvalue weighted by molar-refractivity contribution is 5.74. The summed E-state index contributed by atoms with van der Waals surface area (Å²) in [6.45, 7) is 8.65. The molecule has 2 amide bonds. The molecule has 8 heteroatoms. The van der Waals surface area contributed by atoms with Crippen molar-refractivity contribution in [3.8, 4) is 11.1 Å². The number of aliphatic hydroxyl groups excluding tert-OH is 1. The fourth-order valence-corrected chi connectivity index (χ4v) is 7.03. The molecule has 240 valence electrons. The molecule has 8 nitrogen and oxygen atoms in total. The fraction of sp³-hybridized carbons (Fsp3) is 0.486. The highest BCUT2D eigenvalue weighted by atomic mass is 16.7. The number of urea groups is 1. The van der Waals surface area contributed by atoms with Crippen molar-refractivity contribution < 1.29 is 19.4 Å². The summed E-state index contributed by atoms with van der Waals surface area (Å²) in [6.07, 6.45) is 5.39. The molecule has 4 atom stereocenters. The number of carbonyl (C=O) groups is 1. The molecule has 0 spiro atoms. The monoisotopic (exact) mass is 612 g/mol. The van der Waals surface area contributed by atoms with Crippen LogP contribution in [0, 0.1) is 0 Å². The van der Waals surface area contributed by atoms with E-state index in [9.17, 15) is 9.90 Å². The average Bonchev–Trinajstić information content (AvgIpc) is 3.76. The topological polar surface area (TPSA) is 86.3 Å². The highest BCUT2D eigenvalue weighted by Crippen LogP contribution is 2.39. The van der Waals surface area contributed by atoms with Gasteiger partial charge in [-0.2, -0.15) is 0 Å². The molecule has 6 rings (SSSR count). The third-order valence-electron chi connectivity index (χ3n) is 9.43. The number of amides is 2. The van der Waals surface area contributed by atoms with Gasteiger partial charge in [-0.3, -0.25) is 4.90 Å². The van der Waals surface area contributed by atoms with Gasteiger partial charge in [-0.15, -0.1) is 0 Å². The van der Waals surface area contributed by atoms with Gasteiger partial charge in [-0.1, -0.05) is 60.7 Å². The van der Waals surface area contributed by atoms with E-state index in [-0.39, 0.29) is 24.8 Å². The van der Waals surface area contributed by atoms with Gasteiger partial charge in [0.05, 0.1) is 18.8 Å². The molecule has 0 saturated carbocycles. The van der Waals surface area contributed by atoms with Crippen LogP contribution in [0.15, 0.2) is 72.8 Å². The smallest absolute Gasteiger partial charge is 0.315 e. The molecule has 3 aliphatic rings. The first-order chi connectivity index (χ1) is 22.1. The Balaban J connectivity index is 1.20. The Morgan fingerprint density at radius 2 is 1.62 bits per heavy atom. The summed E-state index contributed by atoms with van der Waals surface area (Å²) in [5.41, 5.74) is 6.21. The predicted octanol–water partition coefficient (Wildman–Crippen LogP) is 5.77. The van der Waals surface area contributed by atoms with Crippen molar-refractivity contribution in [3.05, 3.63) is 95.1 Å². The van der Waals surface area contributed by atoms with E-state index in [0.717, 1.165) is 52.9 Å². The molecule has 3 N–H and O–H groups in total. The van der Waals surface area contributed by atoms with Crippen LogP contribution in [0.4, 0.5) is 4.79 Å². The van der Waals surface area contributed by atoms with E-state index in [4.69, 9.17) is 9.47 Å². The van der Waals surface area contributed by atoms with Crippen molar-refractivity contribution in [2.75, 3.05) is 39.3 Å². The third-order valence-corrected chi connectivity index (χ3v) is 9.43. The number of aliphatic hydroxyl groups is 1. The Hall–Kier alpha value is -3.27. The zero-order chi connectivity index (χ0) is 31.0. The minimum atomic E-state index is -0.492. The number of hydrogen-bond acceptors (Lipinski definition) is 6. The van der Waals surface area contributed by atoms with Crippen molar-refractivity contribution in [3.63, 3.8) is 0 Å². The van der Waals surface area contributed by atoms with Gasteiger partial charge in [-0.25, -0.2) is 4.79 Å². The molecule has 45 heavy (non-hydrogen) atoms. The number of likely N-dealkylation sites (tertiary alicyclic amines) is 2. The fourth-order valence-electron chi connectivity index (χ4n) is 7.03. The van der Waals surface area contributed by atoms with E-state index in [2.05, 4.69) is 69.0 Å². The Morgan fingerprint density at radius 1 is 0.844 bits per heavy atom. The maximum absolute atomic E-state index is 11.9. The number of hydrogen-bond donors (Lipinski definition) is 3. The first-order valence-electron chi connectivity index (χ1n) is 16.8. The second kappa shape index (κ2) is 15.3. The molecule has 0 unspecified atom stereocenters. The molecule has 3 fully saturated rings. The summed E-state index contributed by atoms with van der Waals surface area (Å²) in [5.74, 6) is 0. The summed E-state index contributed by atoms with van der Waals surface area (Å²) >= 11 is 0. The van der Waals surface area contributed by atoms with Crippen LogP contribution in [0.25, 0.3) is 11.1 Å². The Labute approximate surface area is 267 Å². The summed E-state index contributed by atoms with van der Waals surface area (Å²) < 4.78 is 13.5. The number of nitrogens with zero attached hydrogens (tertiary/aromatic N) is 2. The molecule has 3 aromatic rings. The van der Waals surface area contributed by atoms with Crippen molar-refractivity contribution >= 4 is 6.03 Å². The standard InChI is InChI=1S/C37H48N4O4/c1-2-38-37(43)39-23-28-8-5-9-30(20-28)31-10-6-11-32(21-31)36-44-34(22-35(45-36)29-15-13-27(26-42)14-16-29)25-41-19-7-12-33(41)24-40-17-3-4-18-40/h5-6,8-11,13-16,20-21,33-36,42H,2-4,7,12,17-19,22-26H2,1H3,(H2,38,39,43)/t33-,34+,35-,36-/m0/s1. The number of carbonyl (C=O) groups excluding carboxylic acids is 1. The molecule has 0 bridgehead atoms. The van der Waals surface area contributed by atoms with E-state index in [0.29, 0.717) is 19.1 Å². The molecule has 3 aliphatic heterocycles. The maximum atomic E-state index is 11.9. The Morgan fingerprint density at radius 3 is 2.40 bits per heavy atom. The molecule has 3 aromatic carbocycles. The minimum absolute atomic E-state index is 0.0313. The van der Waals surface area contributed by atoms with Crippen LogP contribution in [0.1, 0.15) is 73.7 Å². The van der Waals surface area contributed by atoms with E-state index in [1.807, 2.05) is 31.2 Å². The molecule has 0 radical (unpaired) electrons. The van der Waals surface area contributed by atoms with Gasteiger partial charge in [0.25, 0.3) is 0 Å². The van der Waals surface area contributed by atoms with Crippen LogP contribution in [0.5, 0.6) is 0 Å². The van der Waals surface area contributed by atoms with Crippen molar-refractivity contribution in [1.82, 2.24) is 20.4 Å². The number of ether oxygens (including phenoxy) is 2. The lowest BCUT2D eigenvalue weighted by atomic mass is 9.98. The second-order valence-corrected chi connectivity index (χ2v) is 12.7. The molecule has 3 heterocycles. The van der Waals surface area contributed by atoms with Gasteiger partial charge in [-0.05, 0) is 92.2 Å². The summed E-state index contributed by atoms with van der Waals surface area (Å²) in [4.78, 5) is 17.2. The lowest BCUT2D eigenvalue weighted by Gasteiger charge is -2.39. The van der Waals surface area contributed by atoms with Crippen molar-refractivity contribution in [1.29, 1.82) is 0 Å². The van der Waals surface area contributed by atoms with Gasteiger partial charge in [0.1, 0.15) is 0 Å². The Bertz CT molecular complexity index is 1390. The third kappa shape index (κ3) is 8.31. The lowest BCUT2D eigenvalue weighted by Crippen LogP contribution is -2.45. The summed E-state index contributed by atoms with van der Waals surface area (Å²) in [6, 6.07) is 25.3. The van der Waals surface area contributed by atoms with Crippen LogP contribution < -0.4 is 10.6 Å². The van der Waals surface area contributed by atoms with E-state index < -0.39 is 6.29 Å². The average molecular weight is 613 g/mol. The Kier molecular flexibility index (Phi) is 10.8. The summed E-state index contributed by atoms with van der Waals surface area (Å²) in [7, 11) is 0. The molecular weight excluding hydrogens is 564 g/mol. The van der Waals surface area contributed by atoms with Crippen LogP contribution in [-0.2, 0) is 22.6 Å².